The Balaban J connectivity index is 2.12. The second-order valence-corrected chi connectivity index (χ2v) is 8.20. The molecule has 1 fully saturated rings. The van der Waals surface area contributed by atoms with Crippen LogP contribution in [0.1, 0.15) is 69.2 Å². The predicted octanol–water partition coefficient (Wildman–Crippen LogP) is 4.36. The molecule has 1 heterocycles. The van der Waals surface area contributed by atoms with E-state index >= 15 is 0 Å². The normalized spacial score (nSPS) is 22.5. The molecule has 1 N–H and O–H groups in total. The van der Waals surface area contributed by atoms with Crippen molar-refractivity contribution in [3.63, 3.8) is 0 Å². The highest BCUT2D eigenvalue weighted by molar-refractivity contribution is 6.31. The first-order valence-electron chi connectivity index (χ1n) is 9.16. The topological polar surface area (TPSA) is 32.3 Å². The second-order valence-electron chi connectivity index (χ2n) is 7.79. The largest absolute Gasteiger partial charge is 0.333 e. The van der Waals surface area contributed by atoms with E-state index in [2.05, 4.69) is 38.2 Å². The first kappa shape index (κ1) is 17.8. The fraction of sp³-hybridized carbons (Fsp3) is 0.650. The second kappa shape index (κ2) is 6.68. The number of hydrogen-bond donors (Lipinski definition) is 1. The number of nitrogens with zero attached hydrogens (tertiary/aromatic N) is 1. The summed E-state index contributed by atoms with van der Waals surface area (Å²) in [6, 6.07) is 4.78. The van der Waals surface area contributed by atoms with Gasteiger partial charge in [0.2, 0.25) is 5.91 Å². The number of piperidine rings is 1. The monoisotopic (exact) mass is 348 g/mol. The first-order chi connectivity index (χ1) is 11.4. The van der Waals surface area contributed by atoms with Crippen LogP contribution in [0.5, 0.6) is 0 Å². The van der Waals surface area contributed by atoms with Gasteiger partial charge in [0.15, 0.2) is 0 Å². The molecule has 2 aliphatic rings. The minimum Gasteiger partial charge on any atom is -0.333 e. The first-order valence-corrected chi connectivity index (χ1v) is 9.54. The van der Waals surface area contributed by atoms with Crippen molar-refractivity contribution in [2.45, 2.75) is 70.9 Å². The Morgan fingerprint density at radius 2 is 1.96 bits per heavy atom. The highest BCUT2D eigenvalue weighted by Gasteiger charge is 2.43. The molecule has 4 heteroatoms. The third-order valence-corrected chi connectivity index (χ3v) is 6.38. The van der Waals surface area contributed by atoms with Crippen LogP contribution in [0.4, 0.5) is 0 Å². The molecule has 0 bridgehead atoms. The Bertz CT molecular complexity index is 635. The van der Waals surface area contributed by atoms with Crippen LogP contribution in [-0.4, -0.2) is 29.9 Å². The minimum absolute atomic E-state index is 0.149. The quantitative estimate of drug-likeness (QED) is 0.861. The molecule has 1 amide bonds. The highest BCUT2D eigenvalue weighted by Crippen LogP contribution is 2.50. The summed E-state index contributed by atoms with van der Waals surface area (Å²) in [5, 5.41) is 4.31. The van der Waals surface area contributed by atoms with E-state index in [1.165, 1.54) is 24.0 Å². The molecule has 1 spiro atoms. The van der Waals surface area contributed by atoms with E-state index in [0.717, 1.165) is 36.5 Å². The van der Waals surface area contributed by atoms with E-state index < -0.39 is 0 Å². The number of fused-ring (bicyclic) bond motifs is 2. The lowest BCUT2D eigenvalue weighted by atomic mass is 9.63. The van der Waals surface area contributed by atoms with Gasteiger partial charge in [-0.2, -0.15) is 0 Å². The van der Waals surface area contributed by atoms with Crippen LogP contribution in [0, 0.1) is 6.92 Å². The molecule has 3 rings (SSSR count). The lowest BCUT2D eigenvalue weighted by Crippen LogP contribution is -2.47. The maximum atomic E-state index is 12.3. The van der Waals surface area contributed by atoms with Gasteiger partial charge in [0.05, 0.1) is 6.04 Å². The molecule has 1 aliphatic carbocycles. The summed E-state index contributed by atoms with van der Waals surface area (Å²) in [6.07, 6.45) is 4.54. The summed E-state index contributed by atoms with van der Waals surface area (Å²) in [5.41, 5.74) is 4.12. The SMILES string of the molecule is CC(=O)N(C(C)C)[C@@H]1CCC2(CCNCC2)c2cc(C)c(Cl)cc21. The molecule has 0 saturated carbocycles. The van der Waals surface area contributed by atoms with Crippen molar-refractivity contribution in [3.05, 3.63) is 33.8 Å². The molecule has 3 nitrogen and oxygen atoms in total. The van der Waals surface area contributed by atoms with Crippen LogP contribution in [0.2, 0.25) is 5.02 Å². The summed E-state index contributed by atoms with van der Waals surface area (Å²) in [4.78, 5) is 14.3. The number of halogens is 1. The number of carbonyl (C=O) groups excluding carboxylic acids is 1. The average molecular weight is 349 g/mol. The van der Waals surface area contributed by atoms with Crippen LogP contribution in [0.15, 0.2) is 12.1 Å². The Kier molecular flexibility index (Phi) is 4.94. The molecule has 0 unspecified atom stereocenters. The fourth-order valence-electron chi connectivity index (χ4n) is 4.79. The van der Waals surface area contributed by atoms with Crippen LogP contribution in [-0.2, 0) is 10.2 Å². The third kappa shape index (κ3) is 2.97. The van der Waals surface area contributed by atoms with Crippen molar-refractivity contribution in [2.75, 3.05) is 13.1 Å². The molecule has 0 radical (unpaired) electrons. The summed E-state index contributed by atoms with van der Waals surface area (Å²) < 4.78 is 0. The van der Waals surface area contributed by atoms with Gasteiger partial charge in [-0.3, -0.25) is 4.79 Å². The van der Waals surface area contributed by atoms with E-state index in [-0.39, 0.29) is 23.4 Å². The number of benzene rings is 1. The standard InChI is InChI=1S/C20H29ClN2O/c1-13(2)23(15(4)24)19-5-6-20(7-9-22-10-8-20)17-11-14(3)18(21)12-16(17)19/h11-13,19,22H,5-10H2,1-4H3/t19-/m1/s1. The van der Waals surface area contributed by atoms with Crippen molar-refractivity contribution in [3.8, 4) is 0 Å². The van der Waals surface area contributed by atoms with Crippen LogP contribution in [0.3, 0.4) is 0 Å². The van der Waals surface area contributed by atoms with Gasteiger partial charge < -0.3 is 10.2 Å². The third-order valence-electron chi connectivity index (χ3n) is 5.97. The zero-order chi connectivity index (χ0) is 17.5. The van der Waals surface area contributed by atoms with Crippen molar-refractivity contribution in [2.24, 2.45) is 0 Å². The van der Waals surface area contributed by atoms with E-state index in [9.17, 15) is 4.79 Å². The summed E-state index contributed by atoms with van der Waals surface area (Å²) in [7, 11) is 0. The van der Waals surface area contributed by atoms with Crippen LogP contribution < -0.4 is 5.32 Å². The van der Waals surface area contributed by atoms with E-state index in [1.54, 1.807) is 6.92 Å². The van der Waals surface area contributed by atoms with Gasteiger partial charge in [-0.05, 0) is 87.7 Å². The number of aryl methyl sites for hydroxylation is 1. The number of nitrogens with one attached hydrogen (secondary N) is 1. The van der Waals surface area contributed by atoms with E-state index in [4.69, 9.17) is 11.6 Å². The Labute approximate surface area is 150 Å². The number of carbonyl (C=O) groups is 1. The Morgan fingerprint density at radius 3 is 2.54 bits per heavy atom. The zero-order valence-electron chi connectivity index (χ0n) is 15.3. The lowest BCUT2D eigenvalue weighted by molar-refractivity contribution is -0.133. The number of rotatable bonds is 2. The van der Waals surface area contributed by atoms with Gasteiger partial charge in [-0.25, -0.2) is 0 Å². The zero-order valence-corrected chi connectivity index (χ0v) is 16.0. The molecule has 1 aromatic rings. The molecule has 24 heavy (non-hydrogen) atoms. The van der Waals surface area contributed by atoms with Crippen LogP contribution >= 0.6 is 11.6 Å². The maximum absolute atomic E-state index is 12.3. The van der Waals surface area contributed by atoms with Gasteiger partial charge >= 0.3 is 0 Å². The van der Waals surface area contributed by atoms with Gasteiger partial charge in [0, 0.05) is 18.0 Å². The molecule has 1 aromatic carbocycles. The molecule has 132 valence electrons. The number of hydrogen-bond acceptors (Lipinski definition) is 2. The van der Waals surface area contributed by atoms with Crippen LogP contribution in [0.25, 0.3) is 0 Å². The molecule has 1 atom stereocenters. The fourth-order valence-corrected chi connectivity index (χ4v) is 4.96. The smallest absolute Gasteiger partial charge is 0.220 e. The van der Waals surface area contributed by atoms with Crippen molar-refractivity contribution < 1.29 is 4.79 Å². The lowest BCUT2D eigenvalue weighted by Gasteiger charge is -2.48. The highest BCUT2D eigenvalue weighted by atomic mass is 35.5. The van der Waals surface area contributed by atoms with Crippen molar-refractivity contribution in [1.82, 2.24) is 10.2 Å². The Morgan fingerprint density at radius 1 is 1.29 bits per heavy atom. The van der Waals surface area contributed by atoms with Crippen molar-refractivity contribution in [1.29, 1.82) is 0 Å². The summed E-state index contributed by atoms with van der Waals surface area (Å²) in [6.45, 7) is 10.1. The van der Waals surface area contributed by atoms with E-state index in [0.29, 0.717) is 0 Å². The van der Waals surface area contributed by atoms with Gasteiger partial charge in [-0.15, -0.1) is 0 Å². The van der Waals surface area contributed by atoms with E-state index in [1.807, 2.05) is 4.90 Å². The summed E-state index contributed by atoms with van der Waals surface area (Å²) in [5.74, 6) is 0.152. The molecule has 1 saturated heterocycles. The Hall–Kier alpha value is -1.06. The van der Waals surface area contributed by atoms with Gasteiger partial charge in [-0.1, -0.05) is 17.7 Å². The minimum atomic E-state index is 0.149. The molecular weight excluding hydrogens is 320 g/mol. The molecule has 0 aromatic heterocycles. The number of amides is 1. The summed E-state index contributed by atoms with van der Waals surface area (Å²) >= 11 is 6.49. The molecular formula is C20H29ClN2O. The van der Waals surface area contributed by atoms with Crippen molar-refractivity contribution >= 4 is 17.5 Å². The van der Waals surface area contributed by atoms with Gasteiger partial charge in [0.25, 0.3) is 0 Å². The average Bonchev–Trinajstić information content (AvgIpc) is 2.52. The molecule has 1 aliphatic heterocycles. The predicted molar refractivity (Wildman–Crippen MR) is 99.6 cm³/mol. The van der Waals surface area contributed by atoms with Gasteiger partial charge in [0.1, 0.15) is 0 Å². The maximum Gasteiger partial charge on any atom is 0.220 e.